The van der Waals surface area contributed by atoms with Gasteiger partial charge >= 0.3 is 0 Å². The number of aldehydes is 1. The number of carbonyl (C=O) groups excluding carboxylic acids is 1. The molecule has 1 aromatic rings. The summed E-state index contributed by atoms with van der Waals surface area (Å²) in [5.41, 5.74) is 1.57. The highest BCUT2D eigenvalue weighted by atomic mass is 35.5. The lowest BCUT2D eigenvalue weighted by Gasteiger charge is -2.37. The van der Waals surface area contributed by atoms with Crippen LogP contribution in [0.3, 0.4) is 0 Å². The van der Waals surface area contributed by atoms with Crippen molar-refractivity contribution in [2.24, 2.45) is 0 Å². The standard InChI is InChI=1S/C13H16ClNO2/c1-9-6-15(7-10(2)17-9)13-4-3-12(14)5-11(13)8-16/h3-5,8-10H,6-7H2,1-2H3/t9-,10+. The minimum atomic E-state index is 0.175. The number of nitrogens with zero attached hydrogens (tertiary/aromatic N) is 1. The summed E-state index contributed by atoms with van der Waals surface area (Å²) >= 11 is 5.89. The molecule has 0 spiro atoms. The van der Waals surface area contributed by atoms with Crippen molar-refractivity contribution < 1.29 is 9.53 Å². The molecule has 2 rings (SSSR count). The third-order valence-electron chi connectivity index (χ3n) is 2.88. The molecule has 2 atom stereocenters. The molecule has 0 amide bonds. The van der Waals surface area contributed by atoms with Crippen LogP contribution in [-0.4, -0.2) is 31.6 Å². The predicted molar refractivity (Wildman–Crippen MR) is 69.1 cm³/mol. The molecule has 0 saturated carbocycles. The quantitative estimate of drug-likeness (QED) is 0.759. The lowest BCUT2D eigenvalue weighted by molar-refractivity contribution is -0.00525. The Morgan fingerprint density at radius 2 is 2.00 bits per heavy atom. The lowest BCUT2D eigenvalue weighted by atomic mass is 10.1. The summed E-state index contributed by atoms with van der Waals surface area (Å²) in [5, 5.41) is 0.588. The van der Waals surface area contributed by atoms with Crippen LogP contribution in [0.25, 0.3) is 0 Å². The second kappa shape index (κ2) is 5.07. The Morgan fingerprint density at radius 1 is 1.35 bits per heavy atom. The van der Waals surface area contributed by atoms with Crippen molar-refractivity contribution in [1.29, 1.82) is 0 Å². The fourth-order valence-electron chi connectivity index (χ4n) is 2.28. The Hall–Kier alpha value is -1.06. The molecule has 0 radical (unpaired) electrons. The minimum absolute atomic E-state index is 0.175. The fourth-order valence-corrected chi connectivity index (χ4v) is 2.46. The van der Waals surface area contributed by atoms with Crippen molar-refractivity contribution >= 4 is 23.6 Å². The van der Waals surface area contributed by atoms with Gasteiger partial charge in [0.05, 0.1) is 12.2 Å². The number of hydrogen-bond acceptors (Lipinski definition) is 3. The zero-order chi connectivity index (χ0) is 12.4. The van der Waals surface area contributed by atoms with E-state index in [1.165, 1.54) is 0 Å². The third-order valence-corrected chi connectivity index (χ3v) is 3.11. The van der Waals surface area contributed by atoms with Crippen LogP contribution < -0.4 is 4.90 Å². The van der Waals surface area contributed by atoms with Crippen molar-refractivity contribution in [3.8, 4) is 0 Å². The molecular formula is C13H16ClNO2. The highest BCUT2D eigenvalue weighted by Gasteiger charge is 2.23. The van der Waals surface area contributed by atoms with Crippen LogP contribution in [0.4, 0.5) is 5.69 Å². The highest BCUT2D eigenvalue weighted by molar-refractivity contribution is 6.31. The van der Waals surface area contributed by atoms with E-state index in [4.69, 9.17) is 16.3 Å². The maximum absolute atomic E-state index is 11.1. The van der Waals surface area contributed by atoms with Crippen molar-refractivity contribution in [2.45, 2.75) is 26.1 Å². The first-order valence-electron chi connectivity index (χ1n) is 5.75. The number of halogens is 1. The maximum atomic E-state index is 11.1. The first kappa shape index (κ1) is 12.4. The number of ether oxygens (including phenoxy) is 1. The molecule has 0 aliphatic carbocycles. The number of rotatable bonds is 2. The molecule has 0 N–H and O–H groups in total. The second-order valence-corrected chi connectivity index (χ2v) is 4.92. The molecule has 3 nitrogen and oxygen atoms in total. The van der Waals surface area contributed by atoms with Gasteiger partial charge in [-0.3, -0.25) is 4.79 Å². The number of carbonyl (C=O) groups is 1. The SMILES string of the molecule is C[C@@H]1CN(c2ccc(Cl)cc2C=O)C[C@H](C)O1. The molecule has 17 heavy (non-hydrogen) atoms. The van der Waals surface area contributed by atoms with Crippen LogP contribution in [-0.2, 0) is 4.74 Å². The molecule has 0 bridgehead atoms. The molecule has 1 aliphatic heterocycles. The van der Waals surface area contributed by atoms with E-state index in [0.29, 0.717) is 10.6 Å². The first-order valence-corrected chi connectivity index (χ1v) is 6.13. The van der Waals surface area contributed by atoms with Crippen molar-refractivity contribution in [2.75, 3.05) is 18.0 Å². The molecule has 92 valence electrons. The van der Waals surface area contributed by atoms with Gasteiger partial charge in [-0.15, -0.1) is 0 Å². The van der Waals surface area contributed by atoms with Crippen molar-refractivity contribution in [1.82, 2.24) is 0 Å². The number of hydrogen-bond donors (Lipinski definition) is 0. The van der Waals surface area contributed by atoms with Gasteiger partial charge in [-0.05, 0) is 32.0 Å². The predicted octanol–water partition coefficient (Wildman–Crippen LogP) is 2.77. The third kappa shape index (κ3) is 2.79. The average molecular weight is 254 g/mol. The average Bonchev–Trinajstić information content (AvgIpc) is 2.27. The highest BCUT2D eigenvalue weighted by Crippen LogP contribution is 2.26. The topological polar surface area (TPSA) is 29.5 Å². The van der Waals surface area contributed by atoms with E-state index >= 15 is 0 Å². The monoisotopic (exact) mass is 253 g/mol. The summed E-state index contributed by atoms with van der Waals surface area (Å²) in [4.78, 5) is 13.2. The van der Waals surface area contributed by atoms with Gasteiger partial charge in [0.15, 0.2) is 6.29 Å². The largest absolute Gasteiger partial charge is 0.372 e. The molecule has 1 heterocycles. The van der Waals surface area contributed by atoms with Crippen molar-refractivity contribution in [3.05, 3.63) is 28.8 Å². The normalized spacial score (nSPS) is 24.8. The smallest absolute Gasteiger partial charge is 0.152 e. The zero-order valence-electron chi connectivity index (χ0n) is 10.0. The van der Waals surface area contributed by atoms with Gasteiger partial charge in [0, 0.05) is 29.4 Å². The molecule has 4 heteroatoms. The summed E-state index contributed by atoms with van der Waals surface area (Å²) in [6.07, 6.45) is 1.20. The van der Waals surface area contributed by atoms with E-state index in [-0.39, 0.29) is 12.2 Å². The lowest BCUT2D eigenvalue weighted by Crippen LogP contribution is -2.45. The van der Waals surface area contributed by atoms with Gasteiger partial charge in [-0.25, -0.2) is 0 Å². The first-order chi connectivity index (χ1) is 8.10. The molecule has 1 saturated heterocycles. The summed E-state index contributed by atoms with van der Waals surface area (Å²) < 4.78 is 5.68. The Balaban J connectivity index is 2.29. The van der Waals surface area contributed by atoms with Crippen molar-refractivity contribution in [3.63, 3.8) is 0 Å². The van der Waals surface area contributed by atoms with Gasteiger partial charge in [0.25, 0.3) is 0 Å². The van der Waals surface area contributed by atoms with Crippen LogP contribution in [0, 0.1) is 0 Å². The summed E-state index contributed by atoms with van der Waals surface area (Å²) in [6, 6.07) is 5.42. The Labute approximate surface area is 106 Å². The molecule has 1 aromatic carbocycles. The molecule has 0 unspecified atom stereocenters. The Morgan fingerprint density at radius 3 is 2.59 bits per heavy atom. The van der Waals surface area contributed by atoms with Crippen LogP contribution in [0.1, 0.15) is 24.2 Å². The van der Waals surface area contributed by atoms with Crippen LogP contribution in [0.5, 0.6) is 0 Å². The Kier molecular flexibility index (Phi) is 3.69. The molecule has 1 fully saturated rings. The van der Waals surface area contributed by atoms with E-state index < -0.39 is 0 Å². The fraction of sp³-hybridized carbons (Fsp3) is 0.462. The van der Waals surface area contributed by atoms with Gasteiger partial charge in [-0.2, -0.15) is 0 Å². The second-order valence-electron chi connectivity index (χ2n) is 4.48. The molecular weight excluding hydrogens is 238 g/mol. The van der Waals surface area contributed by atoms with E-state index in [9.17, 15) is 4.79 Å². The summed E-state index contributed by atoms with van der Waals surface area (Å²) in [5.74, 6) is 0. The number of anilines is 1. The van der Waals surface area contributed by atoms with Gasteiger partial charge in [0.1, 0.15) is 0 Å². The van der Waals surface area contributed by atoms with Crippen LogP contribution >= 0.6 is 11.6 Å². The maximum Gasteiger partial charge on any atom is 0.152 e. The van der Waals surface area contributed by atoms with E-state index in [1.807, 2.05) is 26.0 Å². The van der Waals surface area contributed by atoms with Crippen LogP contribution in [0.15, 0.2) is 18.2 Å². The molecule has 1 aliphatic rings. The summed E-state index contributed by atoms with van der Waals surface area (Å²) in [6.45, 7) is 5.68. The number of benzene rings is 1. The van der Waals surface area contributed by atoms with E-state index in [1.54, 1.807) is 6.07 Å². The van der Waals surface area contributed by atoms with Crippen LogP contribution in [0.2, 0.25) is 5.02 Å². The zero-order valence-corrected chi connectivity index (χ0v) is 10.8. The summed E-state index contributed by atoms with van der Waals surface area (Å²) in [7, 11) is 0. The van der Waals surface area contributed by atoms with Gasteiger partial charge in [0.2, 0.25) is 0 Å². The van der Waals surface area contributed by atoms with E-state index in [2.05, 4.69) is 4.90 Å². The van der Waals surface area contributed by atoms with Gasteiger partial charge in [-0.1, -0.05) is 11.6 Å². The van der Waals surface area contributed by atoms with Gasteiger partial charge < -0.3 is 9.64 Å². The minimum Gasteiger partial charge on any atom is -0.372 e. The van der Waals surface area contributed by atoms with E-state index in [0.717, 1.165) is 25.1 Å². The molecule has 0 aromatic heterocycles. The number of morpholine rings is 1. The Bertz CT molecular complexity index is 412.